The van der Waals surface area contributed by atoms with Gasteiger partial charge in [-0.3, -0.25) is 4.90 Å². The molecule has 4 heteroatoms. The Bertz CT molecular complexity index is 77.5. The topological polar surface area (TPSA) is 43.7 Å². The van der Waals surface area contributed by atoms with Gasteiger partial charge in [0.1, 0.15) is 0 Å². The van der Waals surface area contributed by atoms with Crippen molar-refractivity contribution in [1.82, 2.24) is 4.90 Å². The van der Waals surface area contributed by atoms with Gasteiger partial charge in [0, 0.05) is 13.1 Å². The van der Waals surface area contributed by atoms with E-state index in [1.807, 2.05) is 0 Å². The molecule has 0 saturated carbocycles. The number of aliphatic hydroxyl groups is 2. The highest BCUT2D eigenvalue weighted by molar-refractivity contribution is 8.93. The Morgan fingerprint density at radius 2 is 1.50 bits per heavy atom. The molecular weight excluding hydrogens is 222 g/mol. The fourth-order valence-electron chi connectivity index (χ4n) is 1.000. The minimum Gasteiger partial charge on any atom is -0.395 e. The summed E-state index contributed by atoms with van der Waals surface area (Å²) in [6.45, 7) is 4.85. The first-order chi connectivity index (χ1) is 5.35. The quantitative estimate of drug-likeness (QED) is 0.689. The number of rotatable bonds is 7. The van der Waals surface area contributed by atoms with Crippen LogP contribution in [-0.4, -0.2) is 48.0 Å². The summed E-state index contributed by atoms with van der Waals surface area (Å²) in [6.07, 6.45) is 2.30. The van der Waals surface area contributed by atoms with Crippen LogP contribution in [0.15, 0.2) is 0 Å². The van der Waals surface area contributed by atoms with Crippen molar-refractivity contribution in [3.63, 3.8) is 0 Å². The summed E-state index contributed by atoms with van der Waals surface area (Å²) >= 11 is 0. The van der Waals surface area contributed by atoms with E-state index in [9.17, 15) is 0 Å². The first kappa shape index (κ1) is 14.9. The number of nitrogens with zero attached hydrogens (tertiary/aromatic N) is 1. The largest absolute Gasteiger partial charge is 0.395 e. The minimum atomic E-state index is 0. The number of hydrogen-bond acceptors (Lipinski definition) is 3. The van der Waals surface area contributed by atoms with E-state index in [4.69, 9.17) is 10.2 Å². The molecule has 3 nitrogen and oxygen atoms in total. The van der Waals surface area contributed by atoms with Crippen LogP contribution in [0, 0.1) is 0 Å². The van der Waals surface area contributed by atoms with Crippen LogP contribution in [0.5, 0.6) is 0 Å². The van der Waals surface area contributed by atoms with Gasteiger partial charge < -0.3 is 10.2 Å². The standard InChI is InChI=1S/C8H19NO2.BrH/c1-2-3-4-9(5-7-10)6-8-11;/h10-11H,2-8H2,1H3;1H. The van der Waals surface area contributed by atoms with Crippen LogP contribution < -0.4 is 0 Å². The maximum Gasteiger partial charge on any atom is 0.0558 e. The molecule has 76 valence electrons. The number of unbranched alkanes of at least 4 members (excludes halogenated alkanes) is 1. The Kier molecular flexibility index (Phi) is 14.1. The molecule has 0 fully saturated rings. The number of hydrogen-bond donors (Lipinski definition) is 2. The first-order valence-electron chi connectivity index (χ1n) is 4.29. The third-order valence-corrected chi connectivity index (χ3v) is 1.66. The van der Waals surface area contributed by atoms with Crippen molar-refractivity contribution in [3.8, 4) is 0 Å². The second-order valence-corrected chi connectivity index (χ2v) is 2.64. The van der Waals surface area contributed by atoms with Crippen molar-refractivity contribution in [1.29, 1.82) is 0 Å². The van der Waals surface area contributed by atoms with E-state index in [-0.39, 0.29) is 30.2 Å². The maximum atomic E-state index is 8.64. The average Bonchev–Trinajstić information content (AvgIpc) is 2.01. The zero-order valence-electron chi connectivity index (χ0n) is 7.70. The Morgan fingerprint density at radius 3 is 1.83 bits per heavy atom. The van der Waals surface area contributed by atoms with Crippen molar-refractivity contribution in [2.24, 2.45) is 0 Å². The molecule has 0 spiro atoms. The van der Waals surface area contributed by atoms with Gasteiger partial charge in [-0.05, 0) is 13.0 Å². The van der Waals surface area contributed by atoms with E-state index in [2.05, 4.69) is 11.8 Å². The van der Waals surface area contributed by atoms with Gasteiger partial charge >= 0.3 is 0 Å². The fraction of sp³-hybridized carbons (Fsp3) is 1.00. The summed E-state index contributed by atoms with van der Waals surface area (Å²) in [5.74, 6) is 0. The molecule has 0 aromatic heterocycles. The van der Waals surface area contributed by atoms with Gasteiger partial charge in [-0.15, -0.1) is 17.0 Å². The van der Waals surface area contributed by atoms with Crippen LogP contribution >= 0.6 is 17.0 Å². The molecule has 0 radical (unpaired) electrons. The molecule has 12 heavy (non-hydrogen) atoms. The molecule has 0 aliphatic heterocycles. The van der Waals surface area contributed by atoms with Gasteiger partial charge in [-0.2, -0.15) is 0 Å². The Balaban J connectivity index is 0. The molecule has 0 amide bonds. The zero-order valence-corrected chi connectivity index (χ0v) is 9.41. The van der Waals surface area contributed by atoms with Gasteiger partial charge in [-0.1, -0.05) is 13.3 Å². The predicted octanol–water partition coefficient (Wildman–Crippen LogP) is 0.651. The van der Waals surface area contributed by atoms with Gasteiger partial charge in [0.15, 0.2) is 0 Å². The highest BCUT2D eigenvalue weighted by Gasteiger charge is 2.00. The van der Waals surface area contributed by atoms with E-state index < -0.39 is 0 Å². The molecular formula is C8H20BrNO2. The molecule has 0 rings (SSSR count). The summed E-state index contributed by atoms with van der Waals surface area (Å²) < 4.78 is 0. The van der Waals surface area contributed by atoms with Crippen LogP contribution in [-0.2, 0) is 0 Å². The highest BCUT2D eigenvalue weighted by atomic mass is 79.9. The van der Waals surface area contributed by atoms with Gasteiger partial charge in [0.2, 0.25) is 0 Å². The van der Waals surface area contributed by atoms with Crippen LogP contribution in [0.1, 0.15) is 19.8 Å². The predicted molar refractivity (Wildman–Crippen MR) is 55.8 cm³/mol. The summed E-state index contributed by atoms with van der Waals surface area (Å²) in [5, 5.41) is 17.3. The van der Waals surface area contributed by atoms with Crippen molar-refractivity contribution in [2.45, 2.75) is 19.8 Å². The van der Waals surface area contributed by atoms with Gasteiger partial charge in [0.25, 0.3) is 0 Å². The van der Waals surface area contributed by atoms with E-state index in [1.54, 1.807) is 0 Å². The van der Waals surface area contributed by atoms with Crippen molar-refractivity contribution >= 4 is 17.0 Å². The monoisotopic (exact) mass is 241 g/mol. The van der Waals surface area contributed by atoms with E-state index in [1.165, 1.54) is 0 Å². The second kappa shape index (κ2) is 11.4. The normalized spacial score (nSPS) is 10.0. The molecule has 0 bridgehead atoms. The number of halogens is 1. The molecule has 0 aliphatic rings. The van der Waals surface area contributed by atoms with Crippen LogP contribution in [0.3, 0.4) is 0 Å². The fourth-order valence-corrected chi connectivity index (χ4v) is 1.000. The molecule has 0 aromatic rings. The average molecular weight is 242 g/mol. The van der Waals surface area contributed by atoms with Gasteiger partial charge in [-0.25, -0.2) is 0 Å². The summed E-state index contributed by atoms with van der Waals surface area (Å²) in [4.78, 5) is 2.07. The summed E-state index contributed by atoms with van der Waals surface area (Å²) in [7, 11) is 0. The molecule has 0 atom stereocenters. The Labute approximate surface area is 85.2 Å². The third kappa shape index (κ3) is 8.46. The van der Waals surface area contributed by atoms with Crippen molar-refractivity contribution in [3.05, 3.63) is 0 Å². The minimum absolute atomic E-state index is 0. The lowest BCUT2D eigenvalue weighted by atomic mass is 10.3. The maximum absolute atomic E-state index is 8.64. The Morgan fingerprint density at radius 1 is 1.00 bits per heavy atom. The van der Waals surface area contributed by atoms with E-state index in [0.29, 0.717) is 13.1 Å². The van der Waals surface area contributed by atoms with Gasteiger partial charge in [0.05, 0.1) is 13.2 Å². The van der Waals surface area contributed by atoms with Crippen LogP contribution in [0.4, 0.5) is 0 Å². The highest BCUT2D eigenvalue weighted by Crippen LogP contribution is 1.93. The smallest absolute Gasteiger partial charge is 0.0558 e. The molecule has 0 aliphatic carbocycles. The van der Waals surface area contributed by atoms with Crippen molar-refractivity contribution < 1.29 is 10.2 Å². The lowest BCUT2D eigenvalue weighted by molar-refractivity contribution is 0.159. The lowest BCUT2D eigenvalue weighted by Crippen LogP contribution is -2.30. The lowest BCUT2D eigenvalue weighted by Gasteiger charge is -2.19. The molecule has 0 unspecified atom stereocenters. The molecule has 0 saturated heterocycles. The summed E-state index contributed by atoms with van der Waals surface area (Å²) in [6, 6.07) is 0. The SMILES string of the molecule is Br.CCCCN(CCO)CCO. The van der Waals surface area contributed by atoms with Crippen molar-refractivity contribution in [2.75, 3.05) is 32.8 Å². The first-order valence-corrected chi connectivity index (χ1v) is 4.29. The molecule has 0 aromatic carbocycles. The Hall–Kier alpha value is 0.360. The summed E-state index contributed by atoms with van der Waals surface area (Å²) in [5.41, 5.74) is 0. The van der Waals surface area contributed by atoms with Crippen LogP contribution in [0.2, 0.25) is 0 Å². The van der Waals surface area contributed by atoms with Crippen LogP contribution in [0.25, 0.3) is 0 Å². The number of aliphatic hydroxyl groups excluding tert-OH is 2. The van der Waals surface area contributed by atoms with E-state index in [0.717, 1.165) is 19.4 Å². The molecule has 0 heterocycles. The zero-order chi connectivity index (χ0) is 8.53. The van der Waals surface area contributed by atoms with E-state index >= 15 is 0 Å². The molecule has 2 N–H and O–H groups in total. The second-order valence-electron chi connectivity index (χ2n) is 2.64. The third-order valence-electron chi connectivity index (χ3n) is 1.66.